The summed E-state index contributed by atoms with van der Waals surface area (Å²) in [6.07, 6.45) is 3.48. The first-order chi connectivity index (χ1) is 12.3. The van der Waals surface area contributed by atoms with Crippen LogP contribution in [0.4, 0.5) is 5.69 Å². The molecule has 2 aromatic carbocycles. The highest BCUT2D eigenvalue weighted by molar-refractivity contribution is 7.19. The third-order valence-electron chi connectivity index (χ3n) is 4.39. The van der Waals surface area contributed by atoms with Crippen LogP contribution in [0, 0.1) is 0 Å². The number of thiazole rings is 1. The maximum Gasteiger partial charge on any atom is 0.246 e. The number of benzene rings is 2. The van der Waals surface area contributed by atoms with Crippen molar-refractivity contribution in [1.82, 2.24) is 9.88 Å². The van der Waals surface area contributed by atoms with E-state index in [2.05, 4.69) is 28.1 Å². The highest BCUT2D eigenvalue weighted by Gasteiger charge is 2.19. The van der Waals surface area contributed by atoms with Crippen LogP contribution in [0.3, 0.4) is 0 Å². The van der Waals surface area contributed by atoms with E-state index in [0.29, 0.717) is 0 Å². The van der Waals surface area contributed by atoms with Gasteiger partial charge in [0.15, 0.2) is 0 Å². The Kier molecular flexibility index (Phi) is 4.48. The number of carbonyl (C=O) groups excluding carboxylic acids is 1. The molecule has 0 aliphatic carbocycles. The van der Waals surface area contributed by atoms with Gasteiger partial charge in [-0.15, -0.1) is 11.3 Å². The fourth-order valence-electron chi connectivity index (χ4n) is 3.03. The molecule has 0 radical (unpaired) electrons. The summed E-state index contributed by atoms with van der Waals surface area (Å²) in [5.74, 6) is 0.0620. The number of anilines is 1. The molecule has 0 N–H and O–H groups in total. The van der Waals surface area contributed by atoms with Gasteiger partial charge in [0, 0.05) is 37.9 Å². The van der Waals surface area contributed by atoms with E-state index in [-0.39, 0.29) is 5.91 Å². The van der Waals surface area contributed by atoms with Gasteiger partial charge in [-0.05, 0) is 30.3 Å². The van der Waals surface area contributed by atoms with E-state index in [4.69, 9.17) is 0 Å². The second kappa shape index (κ2) is 7.07. The largest absolute Gasteiger partial charge is 0.368 e. The molecule has 2 heterocycles. The molecule has 1 amide bonds. The smallest absolute Gasteiger partial charge is 0.246 e. The van der Waals surface area contributed by atoms with Gasteiger partial charge in [0.25, 0.3) is 0 Å². The lowest BCUT2D eigenvalue weighted by Gasteiger charge is -2.35. The molecule has 1 fully saturated rings. The van der Waals surface area contributed by atoms with E-state index in [1.54, 1.807) is 17.4 Å². The van der Waals surface area contributed by atoms with Crippen molar-refractivity contribution in [3.8, 4) is 0 Å². The summed E-state index contributed by atoms with van der Waals surface area (Å²) < 4.78 is 1.14. The van der Waals surface area contributed by atoms with Crippen molar-refractivity contribution in [1.29, 1.82) is 0 Å². The van der Waals surface area contributed by atoms with Gasteiger partial charge in [0.1, 0.15) is 5.01 Å². The molecule has 5 heteroatoms. The van der Waals surface area contributed by atoms with Gasteiger partial charge in [-0.25, -0.2) is 4.98 Å². The molecular weight excluding hydrogens is 330 g/mol. The topological polar surface area (TPSA) is 36.4 Å². The summed E-state index contributed by atoms with van der Waals surface area (Å²) in [6.45, 7) is 3.23. The van der Waals surface area contributed by atoms with Gasteiger partial charge >= 0.3 is 0 Å². The van der Waals surface area contributed by atoms with Crippen molar-refractivity contribution in [2.24, 2.45) is 0 Å². The molecule has 1 saturated heterocycles. The number of hydrogen-bond donors (Lipinski definition) is 0. The first-order valence-corrected chi connectivity index (χ1v) is 9.24. The summed E-state index contributed by atoms with van der Waals surface area (Å²) in [7, 11) is 0. The number of nitrogens with zero attached hydrogens (tertiary/aromatic N) is 3. The molecular formula is C20H19N3OS. The number of aromatic nitrogens is 1. The van der Waals surface area contributed by atoms with Gasteiger partial charge in [-0.3, -0.25) is 4.79 Å². The average molecular weight is 349 g/mol. The molecule has 0 atom stereocenters. The molecule has 4 rings (SSSR count). The number of para-hydroxylation sites is 2. The lowest BCUT2D eigenvalue weighted by Crippen LogP contribution is -2.48. The Bertz CT molecular complexity index is 862. The van der Waals surface area contributed by atoms with Gasteiger partial charge in [-0.1, -0.05) is 30.3 Å². The standard InChI is InChI=1S/C20H19N3OS/c24-20(11-10-19-21-17-8-4-5-9-18(17)25-19)23-14-12-22(13-15-23)16-6-2-1-3-7-16/h1-11H,12-15H2/b11-10+. The monoisotopic (exact) mass is 349 g/mol. The third kappa shape index (κ3) is 3.56. The summed E-state index contributed by atoms with van der Waals surface area (Å²) >= 11 is 1.61. The normalized spacial score (nSPS) is 15.2. The maximum atomic E-state index is 12.4. The lowest BCUT2D eigenvalue weighted by atomic mass is 10.2. The summed E-state index contributed by atoms with van der Waals surface area (Å²) in [4.78, 5) is 21.2. The maximum absolute atomic E-state index is 12.4. The molecule has 25 heavy (non-hydrogen) atoms. The minimum absolute atomic E-state index is 0.0620. The fraction of sp³-hybridized carbons (Fsp3) is 0.200. The SMILES string of the molecule is O=C(/C=C/c1nc2ccccc2s1)N1CCN(c2ccccc2)CC1. The Labute approximate surface area is 151 Å². The third-order valence-corrected chi connectivity index (χ3v) is 5.39. The van der Waals surface area contributed by atoms with Crippen molar-refractivity contribution in [2.45, 2.75) is 0 Å². The second-order valence-corrected chi connectivity index (χ2v) is 7.06. The van der Waals surface area contributed by atoms with Crippen molar-refractivity contribution in [3.05, 3.63) is 65.7 Å². The lowest BCUT2D eigenvalue weighted by molar-refractivity contribution is -0.126. The molecule has 0 unspecified atom stereocenters. The number of piperazine rings is 1. The van der Waals surface area contributed by atoms with E-state index in [9.17, 15) is 4.79 Å². The number of amides is 1. The molecule has 126 valence electrons. The Balaban J connectivity index is 1.37. The molecule has 0 bridgehead atoms. The van der Waals surface area contributed by atoms with Crippen LogP contribution >= 0.6 is 11.3 Å². The van der Waals surface area contributed by atoms with Crippen molar-refractivity contribution in [2.75, 3.05) is 31.1 Å². The summed E-state index contributed by atoms with van der Waals surface area (Å²) in [5.41, 5.74) is 2.20. The first-order valence-electron chi connectivity index (χ1n) is 8.42. The van der Waals surface area contributed by atoms with Crippen molar-refractivity contribution in [3.63, 3.8) is 0 Å². The molecule has 1 aliphatic heterocycles. The van der Waals surface area contributed by atoms with Crippen LogP contribution in [0.15, 0.2) is 60.7 Å². The number of hydrogen-bond acceptors (Lipinski definition) is 4. The van der Waals surface area contributed by atoms with E-state index >= 15 is 0 Å². The molecule has 4 nitrogen and oxygen atoms in total. The predicted octanol–water partition coefficient (Wildman–Crippen LogP) is 3.66. The second-order valence-electron chi connectivity index (χ2n) is 6.00. The molecule has 0 saturated carbocycles. The van der Waals surface area contributed by atoms with Crippen LogP contribution in [0.1, 0.15) is 5.01 Å². The number of fused-ring (bicyclic) bond motifs is 1. The zero-order valence-corrected chi connectivity index (χ0v) is 14.7. The Morgan fingerprint density at radius 2 is 1.68 bits per heavy atom. The van der Waals surface area contributed by atoms with Gasteiger partial charge in [-0.2, -0.15) is 0 Å². The quantitative estimate of drug-likeness (QED) is 0.677. The zero-order valence-electron chi connectivity index (χ0n) is 13.8. The number of carbonyl (C=O) groups is 1. The van der Waals surface area contributed by atoms with Gasteiger partial charge < -0.3 is 9.80 Å². The molecule has 0 spiro atoms. The predicted molar refractivity (Wildman–Crippen MR) is 104 cm³/mol. The Morgan fingerprint density at radius 1 is 0.960 bits per heavy atom. The molecule has 1 aliphatic rings. The number of rotatable bonds is 3. The zero-order chi connectivity index (χ0) is 17.1. The van der Waals surface area contributed by atoms with Crippen LogP contribution in [-0.2, 0) is 4.79 Å². The molecule has 3 aromatic rings. The minimum atomic E-state index is 0.0620. The minimum Gasteiger partial charge on any atom is -0.368 e. The van der Waals surface area contributed by atoms with Crippen molar-refractivity contribution >= 4 is 39.2 Å². The van der Waals surface area contributed by atoms with E-state index in [1.165, 1.54) is 5.69 Å². The fourth-order valence-corrected chi connectivity index (χ4v) is 3.90. The van der Waals surface area contributed by atoms with E-state index < -0.39 is 0 Å². The van der Waals surface area contributed by atoms with Crippen LogP contribution in [-0.4, -0.2) is 42.0 Å². The highest BCUT2D eigenvalue weighted by atomic mass is 32.1. The van der Waals surface area contributed by atoms with Crippen molar-refractivity contribution < 1.29 is 4.79 Å². The van der Waals surface area contributed by atoms with Crippen LogP contribution in [0.5, 0.6) is 0 Å². The van der Waals surface area contributed by atoms with E-state index in [1.807, 2.05) is 47.4 Å². The average Bonchev–Trinajstić information content (AvgIpc) is 3.10. The molecule has 1 aromatic heterocycles. The Morgan fingerprint density at radius 3 is 2.44 bits per heavy atom. The summed E-state index contributed by atoms with van der Waals surface area (Å²) in [5, 5.41) is 0.873. The van der Waals surface area contributed by atoms with Gasteiger partial charge in [0.2, 0.25) is 5.91 Å². The highest BCUT2D eigenvalue weighted by Crippen LogP contribution is 2.22. The van der Waals surface area contributed by atoms with E-state index in [0.717, 1.165) is 41.4 Å². The van der Waals surface area contributed by atoms with Gasteiger partial charge in [0.05, 0.1) is 10.2 Å². The van der Waals surface area contributed by atoms with Crippen LogP contribution in [0.25, 0.3) is 16.3 Å². The summed E-state index contributed by atoms with van der Waals surface area (Å²) in [6, 6.07) is 18.4. The van der Waals surface area contributed by atoms with Crippen LogP contribution in [0.2, 0.25) is 0 Å². The first kappa shape index (κ1) is 15.8. The Hall–Kier alpha value is -2.66. The van der Waals surface area contributed by atoms with Crippen LogP contribution < -0.4 is 4.90 Å².